The van der Waals surface area contributed by atoms with E-state index in [9.17, 15) is 44.3 Å². The van der Waals surface area contributed by atoms with E-state index in [1.807, 2.05) is 0 Å². The molecule has 2 aromatic rings. The largest absolute Gasteiger partial charge is 0.475 e. The molecule has 206 valence electrons. The number of esters is 1. The van der Waals surface area contributed by atoms with E-state index in [2.05, 4.69) is 9.98 Å². The van der Waals surface area contributed by atoms with Gasteiger partial charge in [-0.3, -0.25) is 9.36 Å². The van der Waals surface area contributed by atoms with Crippen LogP contribution in [0.15, 0.2) is 29.3 Å². The Kier molecular flexibility index (Phi) is 8.60. The van der Waals surface area contributed by atoms with Crippen molar-refractivity contribution in [2.24, 2.45) is 10.4 Å². The number of hydrogen-bond donors (Lipinski definition) is 0. The first-order valence-corrected chi connectivity index (χ1v) is 10.6. The lowest BCUT2D eigenvalue weighted by atomic mass is 9.97. The molecule has 1 aromatic carbocycles. The van der Waals surface area contributed by atoms with Crippen LogP contribution >= 0.6 is 0 Å². The van der Waals surface area contributed by atoms with Crippen LogP contribution in [-0.2, 0) is 34.6 Å². The second kappa shape index (κ2) is 10.6. The van der Waals surface area contributed by atoms with Gasteiger partial charge in [-0.15, -0.1) is 0 Å². The van der Waals surface area contributed by atoms with Gasteiger partial charge in [0.05, 0.1) is 22.2 Å². The first-order chi connectivity index (χ1) is 16.7. The van der Waals surface area contributed by atoms with E-state index < -0.39 is 70.5 Å². The fraction of sp³-hybridized carbons (Fsp3) is 0.500. The van der Waals surface area contributed by atoms with Gasteiger partial charge in [0.25, 0.3) is 0 Å². The van der Waals surface area contributed by atoms with Crippen molar-refractivity contribution >= 4 is 11.7 Å². The van der Waals surface area contributed by atoms with E-state index in [0.717, 1.165) is 4.57 Å². The number of ether oxygens (including phenoxy) is 2. The third-order valence-corrected chi connectivity index (χ3v) is 4.62. The molecular weight excluding hydrogens is 525 g/mol. The summed E-state index contributed by atoms with van der Waals surface area (Å²) < 4.78 is 131. The van der Waals surface area contributed by atoms with Gasteiger partial charge in [-0.05, 0) is 45.9 Å². The molecule has 0 radical (unpaired) electrons. The van der Waals surface area contributed by atoms with Gasteiger partial charge < -0.3 is 9.47 Å². The van der Waals surface area contributed by atoms with Crippen molar-refractivity contribution in [3.8, 4) is 5.88 Å². The molecule has 0 aliphatic heterocycles. The van der Waals surface area contributed by atoms with Gasteiger partial charge in [-0.1, -0.05) is 0 Å². The van der Waals surface area contributed by atoms with Gasteiger partial charge in [-0.25, -0.2) is 9.98 Å². The third-order valence-electron chi connectivity index (χ3n) is 4.62. The molecular formula is C22H22F9N3O3. The molecule has 0 spiro atoms. The summed E-state index contributed by atoms with van der Waals surface area (Å²) in [7, 11) is 0. The van der Waals surface area contributed by atoms with E-state index >= 15 is 0 Å². The molecule has 0 aliphatic rings. The lowest BCUT2D eigenvalue weighted by Crippen LogP contribution is -2.30. The fourth-order valence-electron chi connectivity index (χ4n) is 2.78. The minimum Gasteiger partial charge on any atom is -0.475 e. The quantitative estimate of drug-likeness (QED) is 0.247. The van der Waals surface area contributed by atoms with Gasteiger partial charge in [-0.2, -0.15) is 39.5 Å². The third kappa shape index (κ3) is 7.86. The van der Waals surface area contributed by atoms with Crippen LogP contribution in [0.5, 0.6) is 5.88 Å². The number of alkyl halides is 9. The minimum atomic E-state index is -5.31. The molecule has 2 rings (SSSR count). The Labute approximate surface area is 204 Å². The topological polar surface area (TPSA) is 65.7 Å². The molecule has 0 fully saturated rings. The average Bonchev–Trinajstić information content (AvgIpc) is 2.73. The van der Waals surface area contributed by atoms with Gasteiger partial charge in [0, 0.05) is 12.6 Å². The normalized spacial score (nSPS) is 13.6. The van der Waals surface area contributed by atoms with E-state index in [0.29, 0.717) is 18.2 Å². The maximum absolute atomic E-state index is 13.5. The van der Waals surface area contributed by atoms with Crippen LogP contribution in [-0.4, -0.2) is 28.7 Å². The predicted octanol–water partition coefficient (Wildman–Crippen LogP) is 6.16. The summed E-state index contributed by atoms with van der Waals surface area (Å²) in [5.74, 6) is -1.13. The maximum Gasteiger partial charge on any atom is 0.433 e. The second-order valence-corrected chi connectivity index (χ2v) is 8.60. The van der Waals surface area contributed by atoms with Gasteiger partial charge in [0.1, 0.15) is 13.2 Å². The molecule has 0 atom stereocenters. The Balaban J connectivity index is 2.62. The molecule has 0 saturated carbocycles. The molecule has 0 aliphatic carbocycles. The summed E-state index contributed by atoms with van der Waals surface area (Å²) in [6.45, 7) is 5.16. The summed E-state index contributed by atoms with van der Waals surface area (Å²) in [6, 6.07) is 0.994. The summed E-state index contributed by atoms with van der Waals surface area (Å²) in [5, 5.41) is 0. The van der Waals surface area contributed by atoms with Crippen molar-refractivity contribution in [2.45, 2.75) is 52.8 Å². The van der Waals surface area contributed by atoms with Gasteiger partial charge >= 0.3 is 24.5 Å². The molecule has 1 aromatic heterocycles. The van der Waals surface area contributed by atoms with Crippen LogP contribution in [0.4, 0.5) is 45.2 Å². The highest BCUT2D eigenvalue weighted by atomic mass is 19.4. The van der Waals surface area contributed by atoms with Crippen LogP contribution in [0.2, 0.25) is 0 Å². The zero-order valence-corrected chi connectivity index (χ0v) is 19.9. The molecule has 0 unspecified atom stereocenters. The van der Waals surface area contributed by atoms with Crippen molar-refractivity contribution in [2.75, 3.05) is 13.2 Å². The molecule has 0 bridgehead atoms. The molecule has 0 saturated heterocycles. The highest BCUT2D eigenvalue weighted by Crippen LogP contribution is 2.40. The van der Waals surface area contributed by atoms with Crippen LogP contribution in [0.3, 0.4) is 0 Å². The molecule has 6 nitrogen and oxygen atoms in total. The number of carbonyl (C=O) groups excluding carboxylic acids is 1. The standard InChI is InChI=1S/C22H22F9N3O3/c1-5-34-16(36-8-9-37-17(35)19(2,3)4)11-15(22(29,30)31)33-18(34)32-14-7-6-12(20(23,24)25)10-13(14)21(26,27)28/h6-7,10-11H,5,8-9H2,1-4H3. The second-order valence-electron chi connectivity index (χ2n) is 8.60. The fourth-order valence-corrected chi connectivity index (χ4v) is 2.78. The summed E-state index contributed by atoms with van der Waals surface area (Å²) in [6.07, 6.45) is -15.5. The molecule has 37 heavy (non-hydrogen) atoms. The molecule has 0 amide bonds. The monoisotopic (exact) mass is 547 g/mol. The molecule has 1 heterocycles. The predicted molar refractivity (Wildman–Crippen MR) is 110 cm³/mol. The van der Waals surface area contributed by atoms with Crippen LogP contribution < -0.4 is 10.4 Å². The van der Waals surface area contributed by atoms with Gasteiger partial charge in [0.2, 0.25) is 5.62 Å². The average molecular weight is 547 g/mol. The number of nitrogens with zero attached hydrogens (tertiary/aromatic N) is 3. The van der Waals surface area contributed by atoms with Crippen molar-refractivity contribution in [1.29, 1.82) is 0 Å². The number of benzene rings is 1. The Morgan fingerprint density at radius 1 is 0.919 bits per heavy atom. The molecule has 15 heteroatoms. The Bertz CT molecular complexity index is 1190. The summed E-state index contributed by atoms with van der Waals surface area (Å²) in [4.78, 5) is 18.6. The van der Waals surface area contributed by atoms with E-state index in [1.165, 1.54) is 6.92 Å². The maximum atomic E-state index is 13.5. The van der Waals surface area contributed by atoms with Gasteiger partial charge in [0.15, 0.2) is 11.6 Å². The van der Waals surface area contributed by atoms with Crippen LogP contribution in [0, 0.1) is 5.41 Å². The lowest BCUT2D eigenvalue weighted by Gasteiger charge is -2.18. The van der Waals surface area contributed by atoms with E-state index in [1.54, 1.807) is 20.8 Å². The number of carbonyl (C=O) groups is 1. The molecule has 0 N–H and O–H groups in total. The number of aromatic nitrogens is 2. The van der Waals surface area contributed by atoms with E-state index in [-0.39, 0.29) is 19.2 Å². The zero-order valence-electron chi connectivity index (χ0n) is 19.9. The van der Waals surface area contributed by atoms with E-state index in [4.69, 9.17) is 9.47 Å². The Hall–Kier alpha value is -3.26. The Morgan fingerprint density at radius 2 is 1.54 bits per heavy atom. The summed E-state index contributed by atoms with van der Waals surface area (Å²) in [5.41, 5.74) is -7.84. The van der Waals surface area contributed by atoms with Crippen molar-refractivity contribution in [3.63, 3.8) is 0 Å². The number of rotatable bonds is 6. The number of halogens is 9. The van der Waals surface area contributed by atoms with Crippen molar-refractivity contribution in [3.05, 3.63) is 46.7 Å². The lowest BCUT2D eigenvalue weighted by molar-refractivity contribution is -0.153. The van der Waals surface area contributed by atoms with Crippen molar-refractivity contribution < 1.29 is 53.8 Å². The number of hydrogen-bond acceptors (Lipinski definition) is 5. The van der Waals surface area contributed by atoms with Crippen LogP contribution in [0.25, 0.3) is 0 Å². The first-order valence-electron chi connectivity index (χ1n) is 10.6. The zero-order chi connectivity index (χ0) is 28.4. The van der Waals surface area contributed by atoms with Crippen molar-refractivity contribution in [1.82, 2.24) is 9.55 Å². The summed E-state index contributed by atoms with van der Waals surface area (Å²) >= 11 is 0. The highest BCUT2D eigenvalue weighted by molar-refractivity contribution is 5.75. The highest BCUT2D eigenvalue weighted by Gasteiger charge is 2.39. The van der Waals surface area contributed by atoms with Crippen LogP contribution in [0.1, 0.15) is 44.5 Å². The SMILES string of the molecule is CCn1c(OCCOC(=O)C(C)(C)C)cc(C(F)(F)F)nc1=Nc1ccc(C(F)(F)F)cc1C(F)(F)F. The first kappa shape index (κ1) is 30.0. The smallest absolute Gasteiger partial charge is 0.433 e. The minimum absolute atomic E-state index is 0.191. The Morgan fingerprint density at radius 3 is 2.03 bits per heavy atom.